The highest BCUT2D eigenvalue weighted by Crippen LogP contribution is 2.48. The lowest BCUT2D eigenvalue weighted by Gasteiger charge is -2.32. The molecule has 6 rings (SSSR count). The second-order valence-electron chi connectivity index (χ2n) is 11.1. The molecule has 1 saturated carbocycles. The first-order chi connectivity index (χ1) is 18.4. The molecule has 3 aliphatic rings. The summed E-state index contributed by atoms with van der Waals surface area (Å²) in [5.41, 5.74) is 2.52. The summed E-state index contributed by atoms with van der Waals surface area (Å²) in [7, 11) is 0. The normalized spacial score (nSPS) is 20.3. The van der Waals surface area contributed by atoms with Gasteiger partial charge in [-0.15, -0.1) is 6.42 Å². The molecule has 0 radical (unpaired) electrons. The lowest BCUT2D eigenvalue weighted by atomic mass is 9.85. The Bertz CT molecular complexity index is 1490. The number of halogens is 2. The maximum absolute atomic E-state index is 16.4. The standard InChI is InChI=1S/C31H32F2N4O/c1-4-21-24(32)12-11-20-9-6-10-22(25(20)21)27-26(33)28-23(16-34-27)29(37-15-7-8-19(3)17-37)36-30(35-28)38-18-31(5-2)13-14-31/h1,6,9-10,16,19H,5,7-8,11-15,17-18H2,2-3H3. The van der Waals surface area contributed by atoms with Crippen LogP contribution in [-0.4, -0.2) is 34.6 Å². The monoisotopic (exact) mass is 514 g/mol. The SMILES string of the molecule is C#CC1=C(F)CCc2cccc(-c3ncc4c(N5CCCC(C)C5)nc(OCC5(CC)CC5)nc4c3F)c21. The maximum Gasteiger partial charge on any atom is 0.319 e. The van der Waals surface area contributed by atoms with Crippen LogP contribution in [0.25, 0.3) is 27.7 Å². The van der Waals surface area contributed by atoms with Gasteiger partial charge in [0.25, 0.3) is 0 Å². The van der Waals surface area contributed by atoms with E-state index in [9.17, 15) is 4.39 Å². The van der Waals surface area contributed by atoms with E-state index in [1.54, 1.807) is 12.3 Å². The predicted molar refractivity (Wildman–Crippen MR) is 146 cm³/mol. The number of anilines is 1. The summed E-state index contributed by atoms with van der Waals surface area (Å²) in [6.07, 6.45) is 13.5. The first-order valence-corrected chi connectivity index (χ1v) is 13.6. The van der Waals surface area contributed by atoms with Crippen molar-refractivity contribution < 1.29 is 13.5 Å². The number of hydrogen-bond donors (Lipinski definition) is 0. The largest absolute Gasteiger partial charge is 0.463 e. The lowest BCUT2D eigenvalue weighted by Crippen LogP contribution is -2.35. The summed E-state index contributed by atoms with van der Waals surface area (Å²) >= 11 is 0. The Hall–Kier alpha value is -3.53. The number of terminal acetylenes is 1. The number of aryl methyl sites for hydroxylation is 1. The Labute approximate surface area is 222 Å². The molecular weight excluding hydrogens is 482 g/mol. The molecule has 1 saturated heterocycles. The second kappa shape index (κ2) is 9.65. The van der Waals surface area contributed by atoms with Gasteiger partial charge in [0, 0.05) is 42.2 Å². The maximum atomic E-state index is 16.4. The molecule has 0 bridgehead atoms. The van der Waals surface area contributed by atoms with Crippen LogP contribution in [0.5, 0.6) is 6.01 Å². The molecule has 2 aromatic heterocycles. The number of benzene rings is 1. The van der Waals surface area contributed by atoms with Crippen molar-refractivity contribution in [3.63, 3.8) is 0 Å². The highest BCUT2D eigenvalue weighted by atomic mass is 19.1. The predicted octanol–water partition coefficient (Wildman–Crippen LogP) is 6.90. The molecule has 0 spiro atoms. The van der Waals surface area contributed by atoms with Crippen molar-refractivity contribution >= 4 is 22.3 Å². The average molecular weight is 515 g/mol. The van der Waals surface area contributed by atoms with Crippen LogP contribution in [0.1, 0.15) is 63.5 Å². The molecular formula is C31H32F2N4O. The fourth-order valence-electron chi connectivity index (χ4n) is 5.85. The van der Waals surface area contributed by atoms with Crippen molar-refractivity contribution in [1.82, 2.24) is 15.0 Å². The lowest BCUT2D eigenvalue weighted by molar-refractivity contribution is 0.214. The average Bonchev–Trinajstić information content (AvgIpc) is 3.72. The Morgan fingerprint density at radius 1 is 1.21 bits per heavy atom. The molecule has 0 N–H and O–H groups in total. The van der Waals surface area contributed by atoms with Gasteiger partial charge in [0.1, 0.15) is 22.9 Å². The number of allylic oxidation sites excluding steroid dienone is 2. The number of fused-ring (bicyclic) bond motifs is 2. The summed E-state index contributed by atoms with van der Waals surface area (Å²) in [6.45, 7) is 6.57. The van der Waals surface area contributed by atoms with Crippen LogP contribution in [0.15, 0.2) is 30.2 Å². The molecule has 3 heterocycles. The quantitative estimate of drug-likeness (QED) is 0.335. The number of piperidine rings is 1. The van der Waals surface area contributed by atoms with E-state index in [0.717, 1.165) is 50.8 Å². The Balaban J connectivity index is 1.50. The minimum atomic E-state index is -0.576. The van der Waals surface area contributed by atoms with Gasteiger partial charge in [0.2, 0.25) is 0 Å². The highest BCUT2D eigenvalue weighted by Gasteiger charge is 2.42. The zero-order valence-corrected chi connectivity index (χ0v) is 22.0. The topological polar surface area (TPSA) is 51.1 Å². The molecule has 1 unspecified atom stereocenters. The molecule has 0 amide bonds. The van der Waals surface area contributed by atoms with Gasteiger partial charge in [-0.1, -0.05) is 38.0 Å². The van der Waals surface area contributed by atoms with Crippen molar-refractivity contribution in [1.29, 1.82) is 0 Å². The van der Waals surface area contributed by atoms with Gasteiger partial charge in [-0.25, -0.2) is 8.78 Å². The van der Waals surface area contributed by atoms with Gasteiger partial charge in [0.15, 0.2) is 5.82 Å². The second-order valence-corrected chi connectivity index (χ2v) is 11.1. The number of pyridine rings is 1. The van der Waals surface area contributed by atoms with Gasteiger partial charge < -0.3 is 9.64 Å². The van der Waals surface area contributed by atoms with Gasteiger partial charge in [-0.3, -0.25) is 4.98 Å². The fraction of sp³-hybridized carbons (Fsp3) is 0.452. The molecule has 2 aliphatic carbocycles. The van der Waals surface area contributed by atoms with Crippen LogP contribution in [0.2, 0.25) is 0 Å². The van der Waals surface area contributed by atoms with E-state index in [0.29, 0.717) is 41.3 Å². The van der Waals surface area contributed by atoms with Gasteiger partial charge in [0.05, 0.1) is 17.6 Å². The van der Waals surface area contributed by atoms with Crippen molar-refractivity contribution in [2.45, 2.75) is 58.8 Å². The number of ether oxygens (including phenoxy) is 1. The van der Waals surface area contributed by atoms with E-state index in [1.807, 2.05) is 12.1 Å². The molecule has 1 aliphatic heterocycles. The van der Waals surface area contributed by atoms with Crippen LogP contribution >= 0.6 is 0 Å². The van der Waals surface area contributed by atoms with Crippen LogP contribution in [0, 0.1) is 29.5 Å². The van der Waals surface area contributed by atoms with Crippen LogP contribution in [0.4, 0.5) is 14.6 Å². The third-order valence-corrected chi connectivity index (χ3v) is 8.50. The number of rotatable bonds is 6. The number of nitrogens with zero attached hydrogens (tertiary/aromatic N) is 4. The van der Waals surface area contributed by atoms with Crippen molar-refractivity contribution in [3.05, 3.63) is 47.2 Å². The fourth-order valence-corrected chi connectivity index (χ4v) is 5.85. The first-order valence-electron chi connectivity index (χ1n) is 13.6. The summed E-state index contributed by atoms with van der Waals surface area (Å²) in [6, 6.07) is 5.68. The minimum absolute atomic E-state index is 0.103. The molecule has 196 valence electrons. The minimum Gasteiger partial charge on any atom is -0.463 e. The third-order valence-electron chi connectivity index (χ3n) is 8.50. The summed E-state index contributed by atoms with van der Waals surface area (Å²) in [5, 5.41) is 0.549. The molecule has 38 heavy (non-hydrogen) atoms. The van der Waals surface area contributed by atoms with Crippen molar-refractivity contribution in [2.75, 3.05) is 24.6 Å². The van der Waals surface area contributed by atoms with Crippen molar-refractivity contribution in [2.24, 2.45) is 11.3 Å². The summed E-state index contributed by atoms with van der Waals surface area (Å²) < 4.78 is 37.2. The van der Waals surface area contributed by atoms with E-state index >= 15 is 4.39 Å². The Morgan fingerprint density at radius 2 is 2.05 bits per heavy atom. The van der Waals surface area contributed by atoms with Gasteiger partial charge >= 0.3 is 6.01 Å². The Morgan fingerprint density at radius 3 is 2.79 bits per heavy atom. The third kappa shape index (κ3) is 4.30. The van der Waals surface area contributed by atoms with Crippen molar-refractivity contribution in [3.8, 4) is 29.6 Å². The van der Waals surface area contributed by atoms with Gasteiger partial charge in [-0.05, 0) is 50.0 Å². The van der Waals surface area contributed by atoms with Crippen LogP contribution < -0.4 is 9.64 Å². The molecule has 7 heteroatoms. The zero-order chi connectivity index (χ0) is 26.4. The summed E-state index contributed by atoms with van der Waals surface area (Å²) in [4.78, 5) is 16.1. The van der Waals surface area contributed by atoms with E-state index < -0.39 is 5.82 Å². The Kier molecular flexibility index (Phi) is 6.29. The van der Waals surface area contributed by atoms with E-state index in [2.05, 4.69) is 34.6 Å². The van der Waals surface area contributed by atoms with E-state index in [1.165, 1.54) is 0 Å². The molecule has 5 nitrogen and oxygen atoms in total. The number of hydrogen-bond acceptors (Lipinski definition) is 5. The molecule has 3 aromatic rings. The molecule has 1 atom stereocenters. The zero-order valence-electron chi connectivity index (χ0n) is 22.0. The smallest absolute Gasteiger partial charge is 0.319 e. The van der Waals surface area contributed by atoms with Crippen LogP contribution in [0.3, 0.4) is 0 Å². The first kappa shape index (κ1) is 24.8. The number of aromatic nitrogens is 3. The van der Waals surface area contributed by atoms with Crippen LogP contribution in [-0.2, 0) is 6.42 Å². The molecule has 1 aromatic carbocycles. The molecule has 2 fully saturated rings. The van der Waals surface area contributed by atoms with E-state index in [-0.39, 0.29) is 40.5 Å². The highest BCUT2D eigenvalue weighted by molar-refractivity contribution is 5.95. The summed E-state index contributed by atoms with van der Waals surface area (Å²) in [5.74, 6) is 2.72. The van der Waals surface area contributed by atoms with E-state index in [4.69, 9.17) is 16.1 Å². The van der Waals surface area contributed by atoms with Gasteiger partial charge in [-0.2, -0.15) is 9.97 Å².